The first-order valence-electron chi connectivity index (χ1n) is 8.04. The van der Waals surface area contributed by atoms with Crippen molar-refractivity contribution in [1.29, 1.82) is 0 Å². The van der Waals surface area contributed by atoms with Crippen molar-refractivity contribution in [3.8, 4) is 0 Å². The molecule has 25 heavy (non-hydrogen) atoms. The fraction of sp³-hybridized carbons (Fsp3) is 0.294. The van der Waals surface area contributed by atoms with E-state index < -0.39 is 0 Å². The second kappa shape index (κ2) is 6.36. The van der Waals surface area contributed by atoms with Gasteiger partial charge in [-0.1, -0.05) is 30.0 Å². The molecule has 0 atom stereocenters. The highest BCUT2D eigenvalue weighted by atomic mass is 32.2. The minimum atomic E-state index is -0.259. The molecule has 0 aliphatic carbocycles. The first-order chi connectivity index (χ1) is 12.1. The highest BCUT2D eigenvalue weighted by Crippen LogP contribution is 2.24. The van der Waals surface area contributed by atoms with Crippen molar-refractivity contribution < 1.29 is 4.79 Å². The number of amides is 1. The van der Waals surface area contributed by atoms with E-state index in [9.17, 15) is 9.59 Å². The van der Waals surface area contributed by atoms with Gasteiger partial charge in [0.05, 0.1) is 23.3 Å². The number of hydrogen-bond acceptors (Lipinski definition) is 5. The zero-order valence-electron chi connectivity index (χ0n) is 13.7. The molecule has 8 heteroatoms. The maximum Gasteiger partial charge on any atom is 0.275 e. The van der Waals surface area contributed by atoms with Crippen molar-refractivity contribution >= 4 is 28.4 Å². The third-order valence-corrected chi connectivity index (χ3v) is 5.14. The molecule has 1 aliphatic rings. The lowest BCUT2D eigenvalue weighted by Crippen LogP contribution is -2.34. The van der Waals surface area contributed by atoms with Crippen LogP contribution in [0.2, 0.25) is 0 Å². The number of aromatic nitrogens is 4. The first-order valence-corrected chi connectivity index (χ1v) is 9.02. The van der Waals surface area contributed by atoms with Crippen LogP contribution < -0.4 is 10.9 Å². The second-order valence-electron chi connectivity index (χ2n) is 5.93. The van der Waals surface area contributed by atoms with Gasteiger partial charge in [-0.15, -0.1) is 0 Å². The van der Waals surface area contributed by atoms with E-state index in [2.05, 4.69) is 20.0 Å². The van der Waals surface area contributed by atoms with Crippen molar-refractivity contribution in [2.24, 2.45) is 0 Å². The monoisotopic (exact) mass is 355 g/mol. The number of benzene rings is 1. The highest BCUT2D eigenvalue weighted by Gasteiger charge is 2.15. The Morgan fingerprint density at radius 3 is 2.92 bits per heavy atom. The lowest BCUT2D eigenvalue weighted by Gasteiger charge is -2.09. The van der Waals surface area contributed by atoms with Crippen molar-refractivity contribution in [3.05, 3.63) is 52.2 Å². The first kappa shape index (κ1) is 15.9. The zero-order valence-corrected chi connectivity index (χ0v) is 14.5. The molecule has 128 valence electrons. The summed E-state index contributed by atoms with van der Waals surface area (Å²) in [5.41, 5.74) is 1.30. The molecule has 0 unspecified atom stereocenters. The highest BCUT2D eigenvalue weighted by molar-refractivity contribution is 7.99. The molecular weight excluding hydrogens is 338 g/mol. The largest absolute Gasteiger partial charge is 0.349 e. The van der Waals surface area contributed by atoms with Crippen molar-refractivity contribution in [3.63, 3.8) is 0 Å². The molecule has 3 heterocycles. The normalized spacial score (nSPS) is 13.2. The van der Waals surface area contributed by atoms with Crippen LogP contribution in [-0.2, 0) is 24.4 Å². The Morgan fingerprint density at radius 1 is 1.32 bits per heavy atom. The quantitative estimate of drug-likeness (QED) is 0.763. The van der Waals surface area contributed by atoms with E-state index in [0.717, 1.165) is 34.2 Å². The van der Waals surface area contributed by atoms with Crippen LogP contribution in [0.25, 0.3) is 10.8 Å². The van der Waals surface area contributed by atoms with Crippen LogP contribution in [0.3, 0.4) is 0 Å². The summed E-state index contributed by atoms with van der Waals surface area (Å²) < 4.78 is 3.31. The van der Waals surface area contributed by atoms with Crippen LogP contribution in [0.1, 0.15) is 11.4 Å². The van der Waals surface area contributed by atoms with Gasteiger partial charge >= 0.3 is 0 Å². The van der Waals surface area contributed by atoms with Gasteiger partial charge in [0.1, 0.15) is 6.54 Å². The van der Waals surface area contributed by atoms with Crippen molar-refractivity contribution in [1.82, 2.24) is 24.6 Å². The van der Waals surface area contributed by atoms with E-state index in [1.165, 1.54) is 4.68 Å². The summed E-state index contributed by atoms with van der Waals surface area (Å²) in [7, 11) is 0. The number of nitrogens with zero attached hydrogens (tertiary/aromatic N) is 4. The summed E-state index contributed by atoms with van der Waals surface area (Å²) >= 11 is 1.71. The summed E-state index contributed by atoms with van der Waals surface area (Å²) in [6, 6.07) is 7.29. The van der Waals surface area contributed by atoms with Crippen LogP contribution in [-0.4, -0.2) is 31.0 Å². The third-order valence-electron chi connectivity index (χ3n) is 4.17. The van der Waals surface area contributed by atoms with Gasteiger partial charge in [0.25, 0.3) is 5.56 Å². The van der Waals surface area contributed by atoms with Crippen LogP contribution in [0.15, 0.2) is 40.4 Å². The van der Waals surface area contributed by atoms with E-state index in [4.69, 9.17) is 0 Å². The molecule has 3 aromatic rings. The second-order valence-corrected chi connectivity index (χ2v) is 6.99. The van der Waals surface area contributed by atoms with Gasteiger partial charge in [-0.3, -0.25) is 9.59 Å². The van der Waals surface area contributed by atoms with Gasteiger partial charge in [0.2, 0.25) is 5.91 Å². The Morgan fingerprint density at radius 2 is 2.12 bits per heavy atom. The smallest absolute Gasteiger partial charge is 0.275 e. The Kier molecular flexibility index (Phi) is 4.04. The van der Waals surface area contributed by atoms with Gasteiger partial charge in [0, 0.05) is 23.9 Å². The van der Waals surface area contributed by atoms with E-state index in [1.54, 1.807) is 17.8 Å². The molecule has 1 aliphatic heterocycles. The molecule has 0 saturated heterocycles. The summed E-state index contributed by atoms with van der Waals surface area (Å²) in [5.74, 6) is 0.787. The predicted octanol–water partition coefficient (Wildman–Crippen LogP) is 1.32. The summed E-state index contributed by atoms with van der Waals surface area (Å²) in [5, 5.41) is 9.45. The van der Waals surface area contributed by atoms with Crippen molar-refractivity contribution in [2.45, 2.75) is 31.7 Å². The van der Waals surface area contributed by atoms with Gasteiger partial charge in [-0.05, 0) is 13.0 Å². The van der Waals surface area contributed by atoms with Gasteiger partial charge < -0.3 is 9.88 Å². The zero-order chi connectivity index (χ0) is 17.4. The van der Waals surface area contributed by atoms with E-state index in [-0.39, 0.29) is 18.0 Å². The average Bonchev–Trinajstić information content (AvgIpc) is 3.19. The number of nitrogens with one attached hydrogen (secondary N) is 1. The molecule has 7 nitrogen and oxygen atoms in total. The number of rotatable bonds is 4. The lowest BCUT2D eigenvalue weighted by molar-refractivity contribution is -0.122. The van der Waals surface area contributed by atoms with Crippen molar-refractivity contribution in [2.75, 3.05) is 5.75 Å². The Hall–Kier alpha value is -2.61. The standard InChI is InChI=1S/C17H17N5O2S/c1-11-13-4-2-3-5-14(13)16(24)22(20-11)10-15(23)18-8-12-9-21-6-7-25-17(21)19-12/h2-5,9H,6-8,10H2,1H3,(H,18,23). The molecular formula is C17H17N5O2S. The van der Waals surface area contributed by atoms with Gasteiger partial charge in [0.15, 0.2) is 5.16 Å². The summed E-state index contributed by atoms with van der Waals surface area (Å²) in [6.07, 6.45) is 1.96. The SMILES string of the molecule is Cc1nn(CC(=O)NCc2cn3c(n2)SCC3)c(=O)c2ccccc12. The van der Waals surface area contributed by atoms with Crippen LogP contribution in [0.5, 0.6) is 0 Å². The molecule has 0 fully saturated rings. The van der Waals surface area contributed by atoms with E-state index >= 15 is 0 Å². The molecule has 0 radical (unpaired) electrons. The summed E-state index contributed by atoms with van der Waals surface area (Å²) in [6.45, 7) is 3.03. The van der Waals surface area contributed by atoms with Gasteiger partial charge in [-0.2, -0.15) is 5.10 Å². The van der Waals surface area contributed by atoms with Crippen LogP contribution in [0.4, 0.5) is 0 Å². The number of imidazole rings is 1. The number of hydrogen-bond donors (Lipinski definition) is 1. The fourth-order valence-electron chi connectivity index (χ4n) is 2.94. The minimum absolute atomic E-state index is 0.104. The molecule has 0 spiro atoms. The minimum Gasteiger partial charge on any atom is -0.349 e. The maximum atomic E-state index is 12.5. The topological polar surface area (TPSA) is 81.8 Å². The lowest BCUT2D eigenvalue weighted by atomic mass is 10.1. The number of carbonyl (C=O) groups is 1. The van der Waals surface area contributed by atoms with Crippen LogP contribution >= 0.6 is 11.8 Å². The molecule has 1 N–H and O–H groups in total. The molecule has 4 rings (SSSR count). The van der Waals surface area contributed by atoms with Crippen LogP contribution in [0, 0.1) is 6.92 Å². The predicted molar refractivity (Wildman–Crippen MR) is 95.5 cm³/mol. The molecule has 0 bridgehead atoms. The van der Waals surface area contributed by atoms with Gasteiger partial charge in [-0.25, -0.2) is 9.67 Å². The number of thioether (sulfide) groups is 1. The fourth-order valence-corrected chi connectivity index (χ4v) is 3.90. The number of carbonyl (C=O) groups excluding carboxylic acids is 1. The molecule has 2 aromatic heterocycles. The Labute approximate surface area is 148 Å². The Bertz CT molecular complexity index is 1000. The maximum absolute atomic E-state index is 12.5. The number of fused-ring (bicyclic) bond motifs is 2. The van der Waals surface area contributed by atoms with E-state index in [0.29, 0.717) is 11.9 Å². The average molecular weight is 355 g/mol. The van der Waals surface area contributed by atoms with E-state index in [1.807, 2.05) is 31.3 Å². The third kappa shape index (κ3) is 3.05. The molecule has 1 aromatic carbocycles. The number of aryl methyl sites for hydroxylation is 2. The molecule has 1 amide bonds. The summed E-state index contributed by atoms with van der Waals surface area (Å²) in [4.78, 5) is 29.2. The Balaban J connectivity index is 1.48. The molecule has 0 saturated carbocycles.